The molecule has 5 heteroatoms. The zero-order chi connectivity index (χ0) is 12.3. The molecule has 2 rings (SSSR count). The first-order valence-electron chi connectivity index (χ1n) is 5.65. The highest BCUT2D eigenvalue weighted by atomic mass is 32.2. The van der Waals surface area contributed by atoms with Crippen LogP contribution in [0, 0.1) is 5.92 Å². The van der Waals surface area contributed by atoms with Gasteiger partial charge in [0, 0.05) is 6.54 Å². The van der Waals surface area contributed by atoms with Crippen LogP contribution in [0.5, 0.6) is 0 Å². The molecule has 0 radical (unpaired) electrons. The predicted molar refractivity (Wildman–Crippen MR) is 64.2 cm³/mol. The lowest BCUT2D eigenvalue weighted by molar-refractivity contribution is -0.125. The van der Waals surface area contributed by atoms with Gasteiger partial charge in [-0.3, -0.25) is 4.79 Å². The molecule has 0 saturated carbocycles. The van der Waals surface area contributed by atoms with Crippen molar-refractivity contribution in [3.63, 3.8) is 0 Å². The zero-order valence-corrected chi connectivity index (χ0v) is 10.2. The summed E-state index contributed by atoms with van der Waals surface area (Å²) in [5.74, 6) is -0.646. The number of nitrogens with one attached hydrogen (secondary N) is 1. The van der Waals surface area contributed by atoms with E-state index in [1.807, 2.05) is 0 Å². The topological polar surface area (TPSA) is 63.2 Å². The molecule has 1 fully saturated rings. The van der Waals surface area contributed by atoms with E-state index >= 15 is 0 Å². The quantitative estimate of drug-likeness (QED) is 0.873. The lowest BCUT2D eigenvalue weighted by Gasteiger charge is -2.21. The molecule has 1 N–H and O–H groups in total. The molecule has 0 bridgehead atoms. The SMILES string of the molecule is O=C1NCCCC1CS(=O)(=O)c1ccccc1. The van der Waals surface area contributed by atoms with E-state index in [1.165, 1.54) is 0 Å². The Morgan fingerprint density at radius 3 is 2.59 bits per heavy atom. The van der Waals surface area contributed by atoms with E-state index in [9.17, 15) is 13.2 Å². The summed E-state index contributed by atoms with van der Waals surface area (Å²) in [4.78, 5) is 11.8. The number of amides is 1. The molecule has 0 spiro atoms. The number of carbonyl (C=O) groups excluding carboxylic acids is 1. The Hall–Kier alpha value is -1.36. The Balaban J connectivity index is 2.15. The third-order valence-electron chi connectivity index (χ3n) is 2.92. The van der Waals surface area contributed by atoms with Crippen LogP contribution in [0.4, 0.5) is 0 Å². The monoisotopic (exact) mass is 253 g/mol. The number of piperidine rings is 1. The first kappa shape index (κ1) is 12.1. The van der Waals surface area contributed by atoms with Gasteiger partial charge in [0.25, 0.3) is 0 Å². The van der Waals surface area contributed by atoms with E-state index < -0.39 is 15.8 Å². The fourth-order valence-corrected chi connectivity index (χ4v) is 3.60. The minimum absolute atomic E-state index is 0.0944. The summed E-state index contributed by atoms with van der Waals surface area (Å²) in [6.45, 7) is 0.653. The maximum atomic E-state index is 12.1. The minimum atomic E-state index is -3.35. The molecule has 1 amide bonds. The van der Waals surface area contributed by atoms with Crippen LogP contribution in [-0.4, -0.2) is 26.6 Å². The summed E-state index contributed by atoms with van der Waals surface area (Å²) in [6, 6.07) is 8.28. The number of carbonyl (C=O) groups is 1. The second kappa shape index (κ2) is 4.87. The van der Waals surface area contributed by atoms with Crippen molar-refractivity contribution in [3.8, 4) is 0 Å². The summed E-state index contributed by atoms with van der Waals surface area (Å²) in [7, 11) is -3.35. The van der Waals surface area contributed by atoms with Gasteiger partial charge in [0.15, 0.2) is 9.84 Å². The lowest BCUT2D eigenvalue weighted by atomic mass is 10.0. The Kier molecular flexibility index (Phi) is 3.47. The van der Waals surface area contributed by atoms with E-state index in [-0.39, 0.29) is 11.7 Å². The normalized spacial score (nSPS) is 20.9. The molecule has 0 aromatic heterocycles. The summed E-state index contributed by atoms with van der Waals surface area (Å²) >= 11 is 0. The molecule has 92 valence electrons. The first-order valence-corrected chi connectivity index (χ1v) is 7.30. The Bertz CT molecular complexity index is 496. The van der Waals surface area contributed by atoms with Crippen molar-refractivity contribution in [3.05, 3.63) is 30.3 Å². The Labute approximate surface area is 101 Å². The highest BCUT2D eigenvalue weighted by Gasteiger charge is 2.28. The third kappa shape index (κ3) is 2.85. The molecule has 17 heavy (non-hydrogen) atoms. The van der Waals surface area contributed by atoms with E-state index in [2.05, 4.69) is 5.32 Å². The number of benzene rings is 1. The zero-order valence-electron chi connectivity index (χ0n) is 9.43. The molecule has 1 heterocycles. The molecule has 4 nitrogen and oxygen atoms in total. The number of rotatable bonds is 3. The largest absolute Gasteiger partial charge is 0.356 e. The van der Waals surface area contributed by atoms with Crippen LogP contribution < -0.4 is 5.32 Å². The smallest absolute Gasteiger partial charge is 0.224 e. The molecule has 1 aromatic rings. The lowest BCUT2D eigenvalue weighted by Crippen LogP contribution is -2.39. The van der Waals surface area contributed by atoms with Crippen LogP contribution in [0.3, 0.4) is 0 Å². The molecule has 1 saturated heterocycles. The van der Waals surface area contributed by atoms with Crippen molar-refractivity contribution in [2.75, 3.05) is 12.3 Å². The highest BCUT2D eigenvalue weighted by Crippen LogP contribution is 2.19. The highest BCUT2D eigenvalue weighted by molar-refractivity contribution is 7.91. The van der Waals surface area contributed by atoms with Gasteiger partial charge in [-0.25, -0.2) is 8.42 Å². The summed E-state index contributed by atoms with van der Waals surface area (Å²) in [5, 5.41) is 2.70. The van der Waals surface area contributed by atoms with Crippen LogP contribution in [0.1, 0.15) is 12.8 Å². The minimum Gasteiger partial charge on any atom is -0.356 e. The fraction of sp³-hybridized carbons (Fsp3) is 0.417. The molecule has 0 aliphatic carbocycles. The van der Waals surface area contributed by atoms with Crippen LogP contribution in [0.25, 0.3) is 0 Å². The predicted octanol–water partition coefficient (Wildman–Crippen LogP) is 0.986. The summed E-state index contributed by atoms with van der Waals surface area (Å²) in [6.07, 6.45) is 1.50. The standard InChI is InChI=1S/C12H15NO3S/c14-12-10(5-4-8-13-12)9-17(15,16)11-6-2-1-3-7-11/h1-3,6-7,10H,4-5,8-9H2,(H,13,14). The van der Waals surface area contributed by atoms with Crippen LogP contribution >= 0.6 is 0 Å². The Morgan fingerprint density at radius 2 is 1.94 bits per heavy atom. The van der Waals surface area contributed by atoms with E-state index in [1.54, 1.807) is 30.3 Å². The maximum Gasteiger partial charge on any atom is 0.224 e. The average molecular weight is 253 g/mol. The van der Waals surface area contributed by atoms with Crippen molar-refractivity contribution in [2.45, 2.75) is 17.7 Å². The molecule has 1 atom stereocenters. The number of hydrogen-bond acceptors (Lipinski definition) is 3. The van der Waals surface area contributed by atoms with E-state index in [0.29, 0.717) is 17.9 Å². The molecule has 1 unspecified atom stereocenters. The number of hydrogen-bond donors (Lipinski definition) is 1. The molecule has 1 aliphatic heterocycles. The van der Waals surface area contributed by atoms with Crippen molar-refractivity contribution in [1.29, 1.82) is 0 Å². The Morgan fingerprint density at radius 1 is 1.24 bits per heavy atom. The van der Waals surface area contributed by atoms with Crippen molar-refractivity contribution < 1.29 is 13.2 Å². The van der Waals surface area contributed by atoms with E-state index in [0.717, 1.165) is 6.42 Å². The second-order valence-electron chi connectivity index (χ2n) is 4.22. The van der Waals surface area contributed by atoms with Crippen molar-refractivity contribution >= 4 is 15.7 Å². The van der Waals surface area contributed by atoms with Gasteiger partial charge < -0.3 is 5.32 Å². The summed E-state index contributed by atoms with van der Waals surface area (Å²) < 4.78 is 24.1. The van der Waals surface area contributed by atoms with Gasteiger partial charge in [-0.1, -0.05) is 18.2 Å². The molecule has 1 aliphatic rings. The third-order valence-corrected chi connectivity index (χ3v) is 4.75. The van der Waals surface area contributed by atoms with Gasteiger partial charge in [0.05, 0.1) is 16.6 Å². The van der Waals surface area contributed by atoms with Gasteiger partial charge in [-0.2, -0.15) is 0 Å². The summed E-state index contributed by atoms with van der Waals surface area (Å²) in [5.41, 5.74) is 0. The molecular weight excluding hydrogens is 238 g/mol. The average Bonchev–Trinajstić information content (AvgIpc) is 2.33. The van der Waals surface area contributed by atoms with Crippen LogP contribution in [-0.2, 0) is 14.6 Å². The van der Waals surface area contributed by atoms with Crippen LogP contribution in [0.15, 0.2) is 35.2 Å². The first-order chi connectivity index (χ1) is 8.09. The van der Waals surface area contributed by atoms with Gasteiger partial charge >= 0.3 is 0 Å². The van der Waals surface area contributed by atoms with Gasteiger partial charge in [0.1, 0.15) is 0 Å². The van der Waals surface area contributed by atoms with Crippen LogP contribution in [0.2, 0.25) is 0 Å². The second-order valence-corrected chi connectivity index (χ2v) is 6.26. The maximum absolute atomic E-state index is 12.1. The molecular formula is C12H15NO3S. The van der Waals surface area contributed by atoms with Crippen molar-refractivity contribution in [1.82, 2.24) is 5.32 Å². The molecule has 1 aromatic carbocycles. The number of sulfone groups is 1. The van der Waals surface area contributed by atoms with Gasteiger partial charge in [-0.05, 0) is 25.0 Å². The van der Waals surface area contributed by atoms with Crippen molar-refractivity contribution in [2.24, 2.45) is 5.92 Å². The van der Waals surface area contributed by atoms with Gasteiger partial charge in [0.2, 0.25) is 5.91 Å². The van der Waals surface area contributed by atoms with E-state index in [4.69, 9.17) is 0 Å². The van der Waals surface area contributed by atoms with Gasteiger partial charge in [-0.15, -0.1) is 0 Å². The fourth-order valence-electron chi connectivity index (χ4n) is 1.98.